The molecule has 1 aromatic carbocycles. The average molecular weight is 335 g/mol. The number of nitrogens with zero attached hydrogens (tertiary/aromatic N) is 1. The molecule has 0 saturated carbocycles. The van der Waals surface area contributed by atoms with Crippen LogP contribution in [-0.2, 0) is 16.4 Å². The molecule has 2 aromatic rings. The summed E-state index contributed by atoms with van der Waals surface area (Å²) in [5.41, 5.74) is 3.18. The van der Waals surface area contributed by atoms with Gasteiger partial charge in [-0.15, -0.1) is 0 Å². The summed E-state index contributed by atoms with van der Waals surface area (Å²) in [6, 6.07) is 5.81. The largest absolute Gasteiger partial charge is 0.361 e. The lowest BCUT2D eigenvalue weighted by atomic mass is 10.1. The van der Waals surface area contributed by atoms with Gasteiger partial charge >= 0.3 is 0 Å². The van der Waals surface area contributed by atoms with Crippen molar-refractivity contribution in [2.24, 2.45) is 0 Å². The number of fused-ring (bicyclic) bond motifs is 1. The number of nitrogens with one attached hydrogen (secondary N) is 2. The van der Waals surface area contributed by atoms with Crippen LogP contribution in [0.2, 0.25) is 0 Å². The molecule has 0 radical (unpaired) electrons. The Labute approximate surface area is 138 Å². The van der Waals surface area contributed by atoms with Gasteiger partial charge in [-0.3, -0.25) is 0 Å². The molecule has 5 nitrogen and oxygen atoms in total. The zero-order chi connectivity index (χ0) is 17.0. The Morgan fingerprint density at radius 1 is 1.30 bits per heavy atom. The topological polar surface area (TPSA) is 65.2 Å². The molecule has 23 heavy (non-hydrogen) atoms. The first kappa shape index (κ1) is 17.7. The van der Waals surface area contributed by atoms with E-state index in [1.165, 1.54) is 11.0 Å². The molecule has 0 unspecified atom stereocenters. The molecule has 0 bridgehead atoms. The summed E-state index contributed by atoms with van der Waals surface area (Å²) in [5, 5.41) is 2.36. The summed E-state index contributed by atoms with van der Waals surface area (Å²) >= 11 is 0. The lowest BCUT2D eigenvalue weighted by Gasteiger charge is -2.08. The van der Waals surface area contributed by atoms with E-state index in [-0.39, 0.29) is 6.04 Å². The minimum absolute atomic E-state index is 0.116. The lowest BCUT2D eigenvalue weighted by molar-refractivity contribution is 0.414. The van der Waals surface area contributed by atoms with Gasteiger partial charge in [-0.05, 0) is 63.7 Å². The third kappa shape index (κ3) is 5.20. The summed E-state index contributed by atoms with van der Waals surface area (Å²) in [6.45, 7) is 4.57. The van der Waals surface area contributed by atoms with E-state index in [9.17, 15) is 8.42 Å². The van der Waals surface area contributed by atoms with E-state index in [1.54, 1.807) is 19.9 Å². The van der Waals surface area contributed by atoms with Crippen molar-refractivity contribution >= 4 is 27.0 Å². The predicted molar refractivity (Wildman–Crippen MR) is 96.8 cm³/mol. The van der Waals surface area contributed by atoms with E-state index in [2.05, 4.69) is 28.7 Å². The lowest BCUT2D eigenvalue weighted by Crippen LogP contribution is -2.28. The monoisotopic (exact) mass is 335 g/mol. The fourth-order valence-corrected chi connectivity index (χ4v) is 3.46. The second kappa shape index (κ2) is 7.29. The fourth-order valence-electron chi connectivity index (χ4n) is 2.39. The van der Waals surface area contributed by atoms with Gasteiger partial charge in [0.25, 0.3) is 0 Å². The Hall–Kier alpha value is -1.63. The first-order chi connectivity index (χ1) is 10.8. The Balaban J connectivity index is 2.24. The minimum Gasteiger partial charge on any atom is -0.361 e. The number of hydrogen-bond acceptors (Lipinski definition) is 3. The Morgan fingerprint density at radius 3 is 2.70 bits per heavy atom. The highest BCUT2D eigenvalue weighted by Gasteiger charge is 2.08. The van der Waals surface area contributed by atoms with E-state index in [4.69, 9.17) is 0 Å². The molecule has 2 rings (SSSR count). The van der Waals surface area contributed by atoms with E-state index < -0.39 is 10.0 Å². The van der Waals surface area contributed by atoms with E-state index in [0.29, 0.717) is 0 Å². The quantitative estimate of drug-likeness (QED) is 0.817. The van der Waals surface area contributed by atoms with Crippen molar-refractivity contribution in [2.75, 3.05) is 20.6 Å². The smallest absolute Gasteiger partial charge is 0.233 e. The van der Waals surface area contributed by atoms with E-state index in [0.717, 1.165) is 29.4 Å². The number of likely N-dealkylation sites (N-methyl/N-ethyl adjacent to an activating group) is 1. The van der Waals surface area contributed by atoms with Crippen molar-refractivity contribution in [1.29, 1.82) is 0 Å². The van der Waals surface area contributed by atoms with Gasteiger partial charge in [0.1, 0.15) is 0 Å². The van der Waals surface area contributed by atoms with Gasteiger partial charge in [-0.25, -0.2) is 13.1 Å². The van der Waals surface area contributed by atoms with E-state index >= 15 is 0 Å². The Morgan fingerprint density at radius 2 is 2.04 bits per heavy atom. The number of benzene rings is 1. The number of aromatic nitrogens is 1. The molecule has 0 aliphatic rings. The summed E-state index contributed by atoms with van der Waals surface area (Å²) in [6.07, 6.45) is 4.61. The van der Waals surface area contributed by atoms with Crippen LogP contribution in [0.5, 0.6) is 0 Å². The average Bonchev–Trinajstić information content (AvgIpc) is 2.84. The number of sulfonamides is 1. The van der Waals surface area contributed by atoms with Crippen LogP contribution in [0.4, 0.5) is 0 Å². The summed E-state index contributed by atoms with van der Waals surface area (Å²) < 4.78 is 26.3. The maximum absolute atomic E-state index is 11.9. The Kier molecular flexibility index (Phi) is 5.62. The molecule has 1 heterocycles. The van der Waals surface area contributed by atoms with Crippen molar-refractivity contribution < 1.29 is 8.42 Å². The van der Waals surface area contributed by atoms with Crippen molar-refractivity contribution in [3.05, 3.63) is 40.9 Å². The molecule has 0 saturated heterocycles. The third-order valence-corrected chi connectivity index (χ3v) is 4.75. The van der Waals surface area contributed by atoms with Crippen molar-refractivity contribution in [2.45, 2.75) is 26.3 Å². The van der Waals surface area contributed by atoms with Crippen LogP contribution >= 0.6 is 0 Å². The van der Waals surface area contributed by atoms with Crippen LogP contribution in [0, 0.1) is 0 Å². The number of aromatic amines is 1. The number of H-pyrrole nitrogens is 1. The maximum atomic E-state index is 11.9. The van der Waals surface area contributed by atoms with Crippen LogP contribution in [0.25, 0.3) is 17.0 Å². The van der Waals surface area contributed by atoms with Crippen molar-refractivity contribution in [3.8, 4) is 0 Å². The molecule has 1 aromatic heterocycles. The van der Waals surface area contributed by atoms with Crippen molar-refractivity contribution in [1.82, 2.24) is 14.6 Å². The second-order valence-electron chi connectivity index (χ2n) is 6.29. The van der Waals surface area contributed by atoms with Gasteiger partial charge in [0.2, 0.25) is 10.0 Å². The van der Waals surface area contributed by atoms with E-state index in [1.807, 2.05) is 24.4 Å². The molecule has 126 valence electrons. The third-order valence-electron chi connectivity index (χ3n) is 3.46. The zero-order valence-electron chi connectivity index (χ0n) is 14.1. The first-order valence-electron chi connectivity index (χ1n) is 7.72. The van der Waals surface area contributed by atoms with Gasteiger partial charge in [0.05, 0.1) is 0 Å². The van der Waals surface area contributed by atoms with Crippen LogP contribution in [-0.4, -0.2) is 45.0 Å². The van der Waals surface area contributed by atoms with Crippen LogP contribution < -0.4 is 4.72 Å². The molecule has 0 fully saturated rings. The van der Waals surface area contributed by atoms with Crippen LogP contribution in [0.1, 0.15) is 25.0 Å². The van der Waals surface area contributed by atoms with Gasteiger partial charge in [-0.1, -0.05) is 6.07 Å². The molecule has 0 aliphatic carbocycles. The summed E-state index contributed by atoms with van der Waals surface area (Å²) in [7, 11) is 0.707. The highest BCUT2D eigenvalue weighted by Crippen LogP contribution is 2.21. The van der Waals surface area contributed by atoms with Gasteiger partial charge in [0.15, 0.2) is 0 Å². The normalized spacial score (nSPS) is 13.0. The molecule has 6 heteroatoms. The second-order valence-corrected chi connectivity index (χ2v) is 7.89. The van der Waals surface area contributed by atoms with Crippen LogP contribution in [0.3, 0.4) is 0 Å². The molecular weight excluding hydrogens is 310 g/mol. The number of hydrogen-bond donors (Lipinski definition) is 2. The molecule has 0 amide bonds. The first-order valence-corrected chi connectivity index (χ1v) is 9.26. The summed E-state index contributed by atoms with van der Waals surface area (Å²) in [4.78, 5) is 5.41. The minimum atomic E-state index is -3.40. The SMILES string of the molecule is CC(C)NS(=O)(=O)C=Cc1ccc2[nH]cc(CCN(C)C)c2c1. The van der Waals surface area contributed by atoms with Gasteiger partial charge < -0.3 is 9.88 Å². The molecule has 0 spiro atoms. The van der Waals surface area contributed by atoms with Gasteiger partial charge in [-0.2, -0.15) is 0 Å². The molecule has 0 aliphatic heterocycles. The highest BCUT2D eigenvalue weighted by molar-refractivity contribution is 7.92. The summed E-state index contributed by atoms with van der Waals surface area (Å²) in [5.74, 6) is 0. The molecular formula is C17H25N3O2S. The van der Waals surface area contributed by atoms with Crippen LogP contribution in [0.15, 0.2) is 29.8 Å². The fraction of sp³-hybridized carbons (Fsp3) is 0.412. The van der Waals surface area contributed by atoms with Gasteiger partial charge in [0, 0.05) is 35.1 Å². The predicted octanol–water partition coefficient (Wildman–Crippen LogP) is 2.57. The standard InChI is InChI=1S/C17H25N3O2S/c1-13(2)19-23(21,22)10-8-14-5-6-17-16(11-14)15(12-18-17)7-9-20(3)4/h5-6,8,10-13,18-19H,7,9H2,1-4H3. The van der Waals surface area contributed by atoms with Crippen molar-refractivity contribution in [3.63, 3.8) is 0 Å². The molecule has 0 atom stereocenters. The highest BCUT2D eigenvalue weighted by atomic mass is 32.2. The Bertz CT molecular complexity index is 789. The number of rotatable bonds is 7. The zero-order valence-corrected chi connectivity index (χ0v) is 14.9. The maximum Gasteiger partial charge on any atom is 0.233 e. The molecule has 2 N–H and O–H groups in total.